The van der Waals surface area contributed by atoms with Gasteiger partial charge in [0.05, 0.1) is 25.4 Å². The highest BCUT2D eigenvalue weighted by atomic mass is 28.4. The SMILES string of the molecule is C/C=C/C[C@@H](C)[C@@H](O[Si](C)(C)C)[C@H]1C(=O)N[C@@H](CC)C(=O)N(C)[C@H](C)C(=O)N(C)[C@@H]([C@@H](C)OCCCCN2CCOCC2)C(=O)N[C@@H](C(C)C)C(=O)N(C)[C@@H](CC(C)C)C(=O)N[C@@H](C)C(=O)N[C@H](C)C(=O)N[C@@H](CC(C)C)C(=O)N(C)[C@@H](CC(C)C)C(=O)N(C)[C@@H](C(C)C)C(=O)N1C. The van der Waals surface area contributed by atoms with Crippen molar-refractivity contribution in [3.05, 3.63) is 12.2 Å². The first kappa shape index (κ1) is 88.1. The summed E-state index contributed by atoms with van der Waals surface area (Å²) in [7, 11) is 6.14. The number of hydrogen-bond donors (Lipinski definition) is 5. The molecule has 2 aliphatic heterocycles. The first-order chi connectivity index (χ1) is 45.5. The Morgan fingerprint density at radius 2 is 0.990 bits per heavy atom. The zero-order valence-electron chi connectivity index (χ0n) is 64.7. The van der Waals surface area contributed by atoms with E-state index in [1.54, 1.807) is 41.5 Å². The minimum absolute atomic E-state index is 0.0357. The van der Waals surface area contributed by atoms with Gasteiger partial charge in [0.1, 0.15) is 66.5 Å². The quantitative estimate of drug-likeness (QED) is 0.0560. The number of nitrogens with zero attached hydrogens (tertiary/aromatic N) is 7. The van der Waals surface area contributed by atoms with Gasteiger partial charge in [0.15, 0.2) is 8.32 Å². The lowest BCUT2D eigenvalue weighted by molar-refractivity contribution is -0.156. The third-order valence-electron chi connectivity index (χ3n) is 18.6. The maximum atomic E-state index is 15.7. The molecule has 2 heterocycles. The molecule has 0 saturated carbocycles. The molecule has 0 aromatic heterocycles. The Labute approximate surface area is 588 Å². The minimum atomic E-state index is -2.59. The molecular weight excluding hydrogens is 1270 g/mol. The summed E-state index contributed by atoms with van der Waals surface area (Å²) in [6, 6.07) is -13.8. The Bertz CT molecular complexity index is 2670. The Morgan fingerprint density at radius 1 is 0.510 bits per heavy atom. The average molecular weight is 1400 g/mol. The number of ether oxygens (including phenoxy) is 2. The molecule has 2 fully saturated rings. The van der Waals surface area contributed by atoms with E-state index in [0.717, 1.165) is 26.1 Å². The Morgan fingerprint density at radius 3 is 1.50 bits per heavy atom. The molecule has 5 N–H and O–H groups in total. The van der Waals surface area contributed by atoms with E-state index in [4.69, 9.17) is 13.9 Å². The second kappa shape index (κ2) is 41.0. The molecule has 0 aromatic carbocycles. The van der Waals surface area contributed by atoms with Crippen LogP contribution in [0.4, 0.5) is 0 Å². The third-order valence-corrected chi connectivity index (χ3v) is 19.6. The van der Waals surface area contributed by atoms with Gasteiger partial charge in [-0.25, -0.2) is 0 Å². The predicted octanol–water partition coefficient (Wildman–Crippen LogP) is 4.65. The van der Waals surface area contributed by atoms with Crippen LogP contribution >= 0.6 is 0 Å². The zero-order chi connectivity index (χ0) is 75.1. The summed E-state index contributed by atoms with van der Waals surface area (Å²) in [6.07, 6.45) is 4.20. The predicted molar refractivity (Wildman–Crippen MR) is 383 cm³/mol. The minimum Gasteiger partial charge on any atom is -0.412 e. The standard InChI is InChI=1S/C71H130N12O14Si/c1-27-29-32-47(13)60(97-98(24,25)26)59-65(88)74-52(28-2)67(90)77(18)50(16)66(89)81(22)58(51(17)96-36-31-30-33-83-34-37-95-38-35-83)64(87)76-56(45(9)10)70(93)78(19)54(40-43(5)6)63(86)73-48(14)61(84)72-49(15)62(85)75-53(39-42(3)4)68(91)79(20)55(41-44(7)8)69(92)80(21)57(46(11)12)71(94)82(59)23/h27,29,42-60H,28,30-41H2,1-26H3,(H,72,84)(H,73,86)(H,74,88)(H,75,85)(H,76,87)/b29-27+/t47-,48+,49-,50-,51-,52+,53+,54+,55+,56+,57+,58+,59+,60-/m1/s1. The molecule has 27 heteroatoms. The van der Waals surface area contributed by atoms with E-state index in [0.29, 0.717) is 26.1 Å². The summed E-state index contributed by atoms with van der Waals surface area (Å²) in [6.45, 7) is 39.6. The summed E-state index contributed by atoms with van der Waals surface area (Å²) in [5, 5.41) is 14.1. The van der Waals surface area contributed by atoms with Crippen LogP contribution in [-0.2, 0) is 66.6 Å². The van der Waals surface area contributed by atoms with Gasteiger partial charge in [0.25, 0.3) is 0 Å². The van der Waals surface area contributed by atoms with E-state index in [9.17, 15) is 24.0 Å². The molecule has 2 saturated heterocycles. The number of hydrogen-bond acceptors (Lipinski definition) is 15. The molecule has 14 atom stereocenters. The number of likely N-dealkylation sites (N-methyl/N-ethyl adjacent to an activating group) is 6. The van der Waals surface area contributed by atoms with Crippen LogP contribution in [0.5, 0.6) is 0 Å². The number of nitrogens with one attached hydrogen (secondary N) is 5. The van der Waals surface area contributed by atoms with Crippen LogP contribution < -0.4 is 26.6 Å². The van der Waals surface area contributed by atoms with Gasteiger partial charge in [0, 0.05) is 62.0 Å². The highest BCUT2D eigenvalue weighted by Gasteiger charge is 2.47. The molecule has 2 rings (SSSR count). The molecule has 562 valence electrons. The molecule has 26 nitrogen and oxygen atoms in total. The first-order valence-corrected chi connectivity index (χ1v) is 39.2. The summed E-state index contributed by atoms with van der Waals surface area (Å²) >= 11 is 0. The summed E-state index contributed by atoms with van der Waals surface area (Å²) in [5.74, 6) is -9.42. The van der Waals surface area contributed by atoms with Crippen molar-refractivity contribution in [2.45, 2.75) is 261 Å². The highest BCUT2D eigenvalue weighted by molar-refractivity contribution is 6.69. The van der Waals surface area contributed by atoms with E-state index in [1.165, 1.54) is 92.5 Å². The smallest absolute Gasteiger partial charge is 0.246 e. The Hall–Kier alpha value is -6.03. The van der Waals surface area contributed by atoms with E-state index in [1.807, 2.05) is 87.2 Å². The lowest BCUT2D eigenvalue weighted by atomic mass is 9.91. The van der Waals surface area contributed by atoms with Crippen molar-refractivity contribution in [3.63, 3.8) is 0 Å². The monoisotopic (exact) mass is 1400 g/mol. The third kappa shape index (κ3) is 26.2. The summed E-state index contributed by atoms with van der Waals surface area (Å²) in [5.41, 5.74) is 0. The molecule has 0 spiro atoms. The molecule has 0 radical (unpaired) electrons. The van der Waals surface area contributed by atoms with E-state index >= 15 is 28.8 Å². The first-order valence-electron chi connectivity index (χ1n) is 35.8. The Balaban J connectivity index is 3.07. The molecular formula is C71H130N12O14Si. The molecule has 0 aromatic rings. The average Bonchev–Trinajstić information content (AvgIpc) is 0.798. The molecule has 0 aliphatic carbocycles. The number of morpholine rings is 1. The van der Waals surface area contributed by atoms with Crippen LogP contribution in [0.1, 0.15) is 163 Å². The maximum Gasteiger partial charge on any atom is 0.246 e. The second-order valence-electron chi connectivity index (χ2n) is 30.3. The van der Waals surface area contributed by atoms with Gasteiger partial charge in [-0.05, 0) is 141 Å². The van der Waals surface area contributed by atoms with Crippen LogP contribution in [-0.4, -0.2) is 268 Å². The number of rotatable bonds is 22. The fraction of sp³-hybridized carbons (Fsp3) is 0.817. The lowest BCUT2D eigenvalue weighted by Gasteiger charge is -2.43. The van der Waals surface area contributed by atoms with Crippen LogP contribution in [0.15, 0.2) is 12.2 Å². The Kier molecular flexibility index (Phi) is 36.9. The van der Waals surface area contributed by atoms with Gasteiger partial charge in [-0.2, -0.15) is 0 Å². The molecule has 0 unspecified atom stereocenters. The van der Waals surface area contributed by atoms with Gasteiger partial charge in [0.2, 0.25) is 65.0 Å². The van der Waals surface area contributed by atoms with Gasteiger partial charge >= 0.3 is 0 Å². The largest absolute Gasteiger partial charge is 0.412 e. The van der Waals surface area contributed by atoms with E-state index < -0.39 is 170 Å². The number of carbonyl (C=O) groups excluding carboxylic acids is 11. The number of carbonyl (C=O) groups is 11. The van der Waals surface area contributed by atoms with Crippen LogP contribution in [0.3, 0.4) is 0 Å². The van der Waals surface area contributed by atoms with Crippen molar-refractivity contribution in [1.82, 2.24) is 60.9 Å². The van der Waals surface area contributed by atoms with Gasteiger partial charge < -0.3 is 69.9 Å². The van der Waals surface area contributed by atoms with Crippen molar-refractivity contribution >= 4 is 73.3 Å². The lowest BCUT2D eigenvalue weighted by Crippen LogP contribution is -2.65. The summed E-state index contributed by atoms with van der Waals surface area (Å²) < 4.78 is 18.8. The van der Waals surface area contributed by atoms with Crippen molar-refractivity contribution < 1.29 is 66.6 Å². The molecule has 2 aliphatic rings. The maximum absolute atomic E-state index is 15.7. The van der Waals surface area contributed by atoms with Crippen molar-refractivity contribution in [2.75, 3.05) is 81.7 Å². The van der Waals surface area contributed by atoms with Crippen LogP contribution in [0.25, 0.3) is 0 Å². The number of amides is 11. The van der Waals surface area contributed by atoms with Crippen LogP contribution in [0, 0.1) is 35.5 Å². The van der Waals surface area contributed by atoms with E-state index in [-0.39, 0.29) is 50.0 Å². The van der Waals surface area contributed by atoms with E-state index in [2.05, 4.69) is 31.5 Å². The van der Waals surface area contributed by atoms with Gasteiger partial charge in [-0.1, -0.05) is 95.2 Å². The van der Waals surface area contributed by atoms with Crippen molar-refractivity contribution in [3.8, 4) is 0 Å². The molecule has 11 amide bonds. The number of allylic oxidation sites excluding steroid dienone is 2. The van der Waals surface area contributed by atoms with Gasteiger partial charge in [-0.3, -0.25) is 57.6 Å². The fourth-order valence-electron chi connectivity index (χ4n) is 12.6. The topological polar surface area (TPSA) is 298 Å². The van der Waals surface area contributed by atoms with Crippen molar-refractivity contribution in [1.29, 1.82) is 0 Å². The normalized spacial score (nSPS) is 27.2. The summed E-state index contributed by atoms with van der Waals surface area (Å²) in [4.78, 5) is 174. The van der Waals surface area contributed by atoms with Gasteiger partial charge in [-0.15, -0.1) is 0 Å². The van der Waals surface area contributed by atoms with Crippen LogP contribution in [0.2, 0.25) is 19.6 Å². The highest BCUT2D eigenvalue weighted by Crippen LogP contribution is 2.28. The fourth-order valence-corrected chi connectivity index (χ4v) is 13.7. The molecule has 98 heavy (non-hydrogen) atoms. The van der Waals surface area contributed by atoms with Crippen molar-refractivity contribution in [2.24, 2.45) is 35.5 Å². The zero-order valence-corrected chi connectivity index (χ0v) is 65.7. The number of unbranched alkanes of at least 4 members (excludes halogenated alkanes) is 1. The molecule has 0 bridgehead atoms. The second-order valence-corrected chi connectivity index (χ2v) is 34.8.